The number of fused-ring (bicyclic) bond motifs is 1. The number of nitrogen functional groups attached to an aromatic ring is 1. The van der Waals surface area contributed by atoms with Gasteiger partial charge in [-0.2, -0.15) is 0 Å². The van der Waals surface area contributed by atoms with Gasteiger partial charge in [0.05, 0.1) is 6.54 Å². The summed E-state index contributed by atoms with van der Waals surface area (Å²) >= 11 is 3.58. The first kappa shape index (κ1) is 18.7. The summed E-state index contributed by atoms with van der Waals surface area (Å²) in [5.74, 6) is 0.652. The number of nitrogens with zero attached hydrogens (tertiary/aromatic N) is 2. The molecular formula is C18H19Br2N3O. The molecule has 3 rings (SSSR count). The normalized spacial score (nSPS) is 11.9. The summed E-state index contributed by atoms with van der Waals surface area (Å²) < 4.78 is 3.94. The molecule has 1 atom stereocenters. The summed E-state index contributed by atoms with van der Waals surface area (Å²) in [6.45, 7) is 3.06. The molecule has 126 valence electrons. The molecule has 0 spiro atoms. The summed E-state index contributed by atoms with van der Waals surface area (Å²) in [5.41, 5.74) is 9.06. The highest BCUT2D eigenvalue weighted by Crippen LogP contribution is 2.18. The molecule has 0 saturated heterocycles. The minimum absolute atomic E-state index is 0. The zero-order chi connectivity index (χ0) is 16.4. The van der Waals surface area contributed by atoms with Crippen LogP contribution in [0.4, 0.5) is 5.95 Å². The lowest BCUT2D eigenvalue weighted by molar-refractivity contribution is -0.642. The molecule has 0 amide bonds. The van der Waals surface area contributed by atoms with Gasteiger partial charge in [-0.1, -0.05) is 58.4 Å². The highest BCUT2D eigenvalue weighted by atomic mass is 79.9. The molecular weight excluding hydrogens is 434 g/mol. The third-order valence-electron chi connectivity index (χ3n) is 3.85. The summed E-state index contributed by atoms with van der Waals surface area (Å²) in [4.78, 5) is 12.8. The standard InChI is InChI=1S/C18H18BrN3O.BrH/c1-13(19)11-21-15-9-5-6-10-16(15)22(18(21)20)12-17(23)14-7-3-2-4-8-14;/h2-10,13,20H,11-12H2,1H3;1H. The zero-order valence-corrected chi connectivity index (χ0v) is 16.5. The molecule has 1 unspecified atom stereocenters. The predicted molar refractivity (Wildman–Crippen MR) is 95.7 cm³/mol. The molecule has 0 bridgehead atoms. The van der Waals surface area contributed by atoms with E-state index in [1.807, 2.05) is 63.7 Å². The van der Waals surface area contributed by atoms with Crippen molar-refractivity contribution in [2.45, 2.75) is 24.8 Å². The van der Waals surface area contributed by atoms with Crippen LogP contribution in [0.25, 0.3) is 11.0 Å². The van der Waals surface area contributed by atoms with Crippen molar-refractivity contribution >= 4 is 38.7 Å². The van der Waals surface area contributed by atoms with Crippen LogP contribution in [0.2, 0.25) is 0 Å². The second-order valence-corrected chi connectivity index (χ2v) is 7.18. The molecule has 0 fully saturated rings. The minimum Gasteiger partial charge on any atom is -1.00 e. The highest BCUT2D eigenvalue weighted by Gasteiger charge is 2.23. The van der Waals surface area contributed by atoms with Gasteiger partial charge in [-0.3, -0.25) is 10.5 Å². The van der Waals surface area contributed by atoms with Crippen LogP contribution in [0.5, 0.6) is 0 Å². The van der Waals surface area contributed by atoms with E-state index in [1.54, 1.807) is 0 Å². The number of nitrogens with two attached hydrogens (primary N) is 1. The number of benzene rings is 2. The van der Waals surface area contributed by atoms with Crippen molar-refractivity contribution < 1.29 is 26.3 Å². The molecule has 2 N–H and O–H groups in total. The maximum absolute atomic E-state index is 12.5. The number of halogens is 2. The van der Waals surface area contributed by atoms with Crippen molar-refractivity contribution in [2.24, 2.45) is 0 Å². The second-order valence-electron chi connectivity index (χ2n) is 5.61. The minimum atomic E-state index is 0. The molecule has 1 aromatic heterocycles. The van der Waals surface area contributed by atoms with E-state index in [-0.39, 0.29) is 29.3 Å². The van der Waals surface area contributed by atoms with Crippen LogP contribution >= 0.6 is 15.9 Å². The van der Waals surface area contributed by atoms with Crippen LogP contribution in [0.3, 0.4) is 0 Å². The Bertz CT molecular complexity index is 844. The molecule has 4 nitrogen and oxygen atoms in total. The first-order valence-corrected chi connectivity index (χ1v) is 8.48. The largest absolute Gasteiger partial charge is 1.00 e. The first-order valence-electron chi connectivity index (χ1n) is 7.57. The van der Waals surface area contributed by atoms with Crippen molar-refractivity contribution in [3.05, 3.63) is 60.2 Å². The molecule has 0 saturated carbocycles. The van der Waals surface area contributed by atoms with Gasteiger partial charge in [0, 0.05) is 10.4 Å². The molecule has 1 heterocycles. The van der Waals surface area contributed by atoms with Gasteiger partial charge in [0.25, 0.3) is 0 Å². The number of alkyl halides is 1. The lowest BCUT2D eigenvalue weighted by Crippen LogP contribution is -3.00. The van der Waals surface area contributed by atoms with Gasteiger partial charge in [-0.25, -0.2) is 9.13 Å². The van der Waals surface area contributed by atoms with Gasteiger partial charge < -0.3 is 17.0 Å². The number of anilines is 1. The van der Waals surface area contributed by atoms with E-state index in [1.165, 1.54) is 0 Å². The maximum Gasteiger partial charge on any atom is 0.356 e. The number of carbonyl (C=O) groups excluding carboxylic acids is 1. The number of hydrogen-bond donors (Lipinski definition) is 1. The van der Waals surface area contributed by atoms with E-state index in [9.17, 15) is 4.79 Å². The molecule has 3 aromatic rings. The van der Waals surface area contributed by atoms with E-state index in [0.717, 1.165) is 17.6 Å². The Morgan fingerprint density at radius 2 is 1.79 bits per heavy atom. The van der Waals surface area contributed by atoms with Crippen molar-refractivity contribution in [3.63, 3.8) is 0 Å². The fourth-order valence-corrected chi connectivity index (χ4v) is 3.07. The van der Waals surface area contributed by atoms with Crippen molar-refractivity contribution in [2.75, 3.05) is 5.73 Å². The highest BCUT2D eigenvalue weighted by molar-refractivity contribution is 9.09. The van der Waals surface area contributed by atoms with Crippen molar-refractivity contribution in [3.8, 4) is 0 Å². The van der Waals surface area contributed by atoms with E-state index in [4.69, 9.17) is 5.73 Å². The maximum atomic E-state index is 12.5. The molecule has 0 aliphatic rings. The number of aromatic nitrogens is 2. The van der Waals surface area contributed by atoms with Crippen molar-refractivity contribution in [1.82, 2.24) is 4.57 Å². The molecule has 0 radical (unpaired) electrons. The number of para-hydroxylation sites is 2. The van der Waals surface area contributed by atoms with E-state index >= 15 is 0 Å². The Labute approximate surface area is 160 Å². The second kappa shape index (κ2) is 7.94. The van der Waals surface area contributed by atoms with E-state index < -0.39 is 0 Å². The van der Waals surface area contributed by atoms with Crippen LogP contribution in [0, 0.1) is 0 Å². The zero-order valence-electron chi connectivity index (χ0n) is 13.3. The first-order chi connectivity index (χ1) is 11.1. The van der Waals surface area contributed by atoms with E-state index in [0.29, 0.717) is 16.3 Å². The Morgan fingerprint density at radius 1 is 1.17 bits per heavy atom. The van der Waals surface area contributed by atoms with Crippen LogP contribution in [-0.2, 0) is 13.1 Å². The van der Waals surface area contributed by atoms with Crippen LogP contribution in [0.15, 0.2) is 54.6 Å². The molecule has 24 heavy (non-hydrogen) atoms. The Hall–Kier alpha value is -1.66. The molecule has 0 aliphatic heterocycles. The lowest BCUT2D eigenvalue weighted by atomic mass is 10.1. The van der Waals surface area contributed by atoms with Crippen LogP contribution in [-0.4, -0.2) is 15.2 Å². The number of Topliss-reactive ketones (excluding diaryl/α,β-unsaturated/α-hetero) is 1. The Kier molecular flexibility index (Phi) is 6.18. The molecule has 6 heteroatoms. The van der Waals surface area contributed by atoms with Gasteiger partial charge in [0.1, 0.15) is 17.6 Å². The Balaban J connectivity index is 0.00000208. The van der Waals surface area contributed by atoms with Crippen LogP contribution < -0.4 is 27.3 Å². The SMILES string of the molecule is CC(Br)Cn1c(N)[n+](CC(=O)c2ccccc2)c2ccccc21.[Br-]. The third-order valence-corrected chi connectivity index (χ3v) is 4.14. The van der Waals surface area contributed by atoms with Gasteiger partial charge in [0.2, 0.25) is 0 Å². The van der Waals surface area contributed by atoms with Gasteiger partial charge in [-0.15, -0.1) is 0 Å². The fourth-order valence-electron chi connectivity index (χ4n) is 2.78. The summed E-state index contributed by atoms with van der Waals surface area (Å²) in [6, 6.07) is 17.3. The lowest BCUT2D eigenvalue weighted by Gasteiger charge is -2.04. The topological polar surface area (TPSA) is 51.9 Å². The third kappa shape index (κ3) is 3.70. The Morgan fingerprint density at radius 3 is 2.46 bits per heavy atom. The van der Waals surface area contributed by atoms with E-state index in [2.05, 4.69) is 22.9 Å². The fraction of sp³-hybridized carbons (Fsp3) is 0.222. The summed E-state index contributed by atoms with van der Waals surface area (Å²) in [7, 11) is 0. The van der Waals surface area contributed by atoms with Crippen LogP contribution in [0.1, 0.15) is 17.3 Å². The number of hydrogen-bond acceptors (Lipinski definition) is 2. The number of carbonyl (C=O) groups is 1. The quantitative estimate of drug-likeness (QED) is 0.341. The monoisotopic (exact) mass is 451 g/mol. The summed E-state index contributed by atoms with van der Waals surface area (Å²) in [5, 5.41) is 0. The number of imidazole rings is 1. The smallest absolute Gasteiger partial charge is 0.356 e. The van der Waals surface area contributed by atoms with Gasteiger partial charge in [-0.05, 0) is 19.1 Å². The summed E-state index contributed by atoms with van der Waals surface area (Å²) in [6.07, 6.45) is 0. The number of ketones is 1. The van der Waals surface area contributed by atoms with Gasteiger partial charge >= 0.3 is 5.95 Å². The predicted octanol–water partition coefficient (Wildman–Crippen LogP) is 0.181. The average Bonchev–Trinajstić information content (AvgIpc) is 2.81. The number of rotatable bonds is 5. The molecule has 0 aliphatic carbocycles. The van der Waals surface area contributed by atoms with Crippen molar-refractivity contribution in [1.29, 1.82) is 0 Å². The molecule has 2 aromatic carbocycles. The van der Waals surface area contributed by atoms with Gasteiger partial charge in [0.15, 0.2) is 5.78 Å². The average molecular weight is 453 g/mol.